The monoisotopic (exact) mass is 433 g/mol. The van der Waals surface area contributed by atoms with Crippen LogP contribution in [0, 0.1) is 11.8 Å². The van der Waals surface area contributed by atoms with E-state index in [1.807, 2.05) is 28.5 Å². The second kappa shape index (κ2) is 9.88. The predicted octanol–water partition coefficient (Wildman–Crippen LogP) is 2.43. The molecule has 3 aliphatic heterocycles. The van der Waals surface area contributed by atoms with Crippen molar-refractivity contribution in [3.8, 4) is 0 Å². The number of carbonyl (C=O) groups is 3. The van der Waals surface area contributed by atoms with Gasteiger partial charge in [-0.2, -0.15) is 0 Å². The molecule has 4 aliphatic rings. The molecule has 1 aliphatic carbocycles. The van der Waals surface area contributed by atoms with Crippen LogP contribution in [-0.2, 0) is 19.1 Å². The Bertz CT molecular complexity index is 660. The van der Waals surface area contributed by atoms with Gasteiger partial charge in [-0.1, -0.05) is 19.3 Å². The summed E-state index contributed by atoms with van der Waals surface area (Å²) in [4.78, 5) is 45.1. The van der Waals surface area contributed by atoms with Crippen molar-refractivity contribution in [3.63, 3.8) is 0 Å². The van der Waals surface area contributed by atoms with Gasteiger partial charge < -0.3 is 19.4 Å². The van der Waals surface area contributed by atoms with Gasteiger partial charge in [-0.3, -0.25) is 14.4 Å². The average Bonchev–Trinajstić information content (AvgIpc) is 3.27. The number of rotatable bonds is 3. The lowest BCUT2D eigenvalue weighted by atomic mass is 9.88. The Hall–Kier alpha value is -1.63. The maximum Gasteiger partial charge on any atom is 0.245 e. The molecular formula is C24H39N3O4. The van der Waals surface area contributed by atoms with Gasteiger partial charge in [0.2, 0.25) is 17.7 Å². The van der Waals surface area contributed by atoms with E-state index in [2.05, 4.69) is 0 Å². The summed E-state index contributed by atoms with van der Waals surface area (Å²) in [5.41, 5.74) is 0. The Morgan fingerprint density at radius 2 is 1.26 bits per heavy atom. The van der Waals surface area contributed by atoms with Crippen LogP contribution in [0.4, 0.5) is 0 Å². The number of hydrogen-bond donors (Lipinski definition) is 0. The van der Waals surface area contributed by atoms with Gasteiger partial charge in [0.25, 0.3) is 0 Å². The first-order valence-corrected chi connectivity index (χ1v) is 12.5. The second-order valence-corrected chi connectivity index (χ2v) is 10.1. The van der Waals surface area contributed by atoms with Gasteiger partial charge in [-0.25, -0.2) is 0 Å². The van der Waals surface area contributed by atoms with Crippen LogP contribution in [0.15, 0.2) is 0 Å². The standard InChI is InChI=1S/C24H39N3O4/c1-17-15-26(16-18(2)31-17)22(28)20-10-13-25(14-11-20)24(30)21-9-6-12-27(21)23(29)19-7-4-3-5-8-19/h17-21H,3-16H2,1-2H3. The third-order valence-corrected chi connectivity index (χ3v) is 7.66. The third kappa shape index (κ3) is 5.07. The molecule has 0 aromatic heterocycles. The predicted molar refractivity (Wildman–Crippen MR) is 117 cm³/mol. The summed E-state index contributed by atoms with van der Waals surface area (Å²) < 4.78 is 5.75. The van der Waals surface area contributed by atoms with E-state index in [9.17, 15) is 14.4 Å². The maximum atomic E-state index is 13.3. The molecule has 3 saturated heterocycles. The molecule has 174 valence electrons. The molecule has 4 fully saturated rings. The summed E-state index contributed by atoms with van der Waals surface area (Å²) in [6.45, 7) is 7.29. The van der Waals surface area contributed by atoms with Crippen molar-refractivity contribution >= 4 is 17.7 Å². The van der Waals surface area contributed by atoms with Crippen molar-refractivity contribution in [2.45, 2.75) is 89.9 Å². The summed E-state index contributed by atoms with van der Waals surface area (Å²) in [6, 6.07) is -0.289. The molecule has 3 amide bonds. The lowest BCUT2D eigenvalue weighted by Crippen LogP contribution is -2.54. The van der Waals surface area contributed by atoms with E-state index >= 15 is 0 Å². The fourth-order valence-corrected chi connectivity index (χ4v) is 6.04. The van der Waals surface area contributed by atoms with E-state index in [1.165, 1.54) is 6.42 Å². The van der Waals surface area contributed by atoms with E-state index in [-0.39, 0.29) is 47.8 Å². The quantitative estimate of drug-likeness (QED) is 0.685. The summed E-state index contributed by atoms with van der Waals surface area (Å²) in [7, 11) is 0. The Morgan fingerprint density at radius 3 is 1.90 bits per heavy atom. The number of amides is 3. The molecule has 0 aromatic carbocycles. The second-order valence-electron chi connectivity index (χ2n) is 10.1. The van der Waals surface area contributed by atoms with Crippen LogP contribution < -0.4 is 0 Å². The lowest BCUT2D eigenvalue weighted by molar-refractivity contribution is -0.152. The molecule has 3 heterocycles. The van der Waals surface area contributed by atoms with E-state index in [0.717, 1.165) is 38.5 Å². The highest BCUT2D eigenvalue weighted by Crippen LogP contribution is 2.30. The first-order valence-electron chi connectivity index (χ1n) is 12.5. The molecule has 1 saturated carbocycles. The van der Waals surface area contributed by atoms with Crippen molar-refractivity contribution in [2.75, 3.05) is 32.7 Å². The van der Waals surface area contributed by atoms with Gasteiger partial charge >= 0.3 is 0 Å². The van der Waals surface area contributed by atoms with Crippen molar-refractivity contribution in [2.24, 2.45) is 11.8 Å². The van der Waals surface area contributed by atoms with Crippen LogP contribution in [0.3, 0.4) is 0 Å². The minimum absolute atomic E-state index is 0.00916. The van der Waals surface area contributed by atoms with Crippen LogP contribution in [0.2, 0.25) is 0 Å². The molecule has 0 radical (unpaired) electrons. The fourth-order valence-electron chi connectivity index (χ4n) is 6.04. The van der Waals surface area contributed by atoms with E-state index in [1.54, 1.807) is 0 Å². The van der Waals surface area contributed by atoms with Gasteiger partial charge in [0, 0.05) is 44.6 Å². The Morgan fingerprint density at radius 1 is 0.645 bits per heavy atom. The van der Waals surface area contributed by atoms with Gasteiger partial charge in [0.05, 0.1) is 12.2 Å². The lowest BCUT2D eigenvalue weighted by Gasteiger charge is -2.40. The zero-order valence-electron chi connectivity index (χ0n) is 19.3. The van der Waals surface area contributed by atoms with Crippen LogP contribution in [0.1, 0.15) is 71.6 Å². The summed E-state index contributed by atoms with van der Waals surface area (Å²) >= 11 is 0. The van der Waals surface area contributed by atoms with Crippen LogP contribution in [-0.4, -0.2) is 83.4 Å². The first-order chi connectivity index (χ1) is 14.9. The zero-order chi connectivity index (χ0) is 22.0. The SMILES string of the molecule is CC1CN(C(=O)C2CCN(C(=O)C3CCCN3C(=O)C3CCCCC3)CC2)CC(C)O1. The minimum atomic E-state index is -0.289. The highest BCUT2D eigenvalue weighted by Gasteiger charge is 2.41. The van der Waals surface area contributed by atoms with E-state index < -0.39 is 0 Å². The molecule has 3 unspecified atom stereocenters. The van der Waals surface area contributed by atoms with Crippen LogP contribution in [0.25, 0.3) is 0 Å². The van der Waals surface area contributed by atoms with Crippen LogP contribution >= 0.6 is 0 Å². The molecular weight excluding hydrogens is 394 g/mol. The Kier molecular flexibility index (Phi) is 7.19. The maximum absolute atomic E-state index is 13.3. The number of hydrogen-bond acceptors (Lipinski definition) is 4. The Balaban J connectivity index is 1.30. The van der Waals surface area contributed by atoms with Gasteiger partial charge in [-0.15, -0.1) is 0 Å². The van der Waals surface area contributed by atoms with Crippen molar-refractivity contribution < 1.29 is 19.1 Å². The van der Waals surface area contributed by atoms with Crippen molar-refractivity contribution in [1.29, 1.82) is 0 Å². The van der Waals surface area contributed by atoms with Crippen LogP contribution in [0.5, 0.6) is 0 Å². The summed E-state index contributed by atoms with van der Waals surface area (Å²) in [5, 5.41) is 0. The molecule has 0 N–H and O–H groups in total. The molecule has 0 spiro atoms. The number of ether oxygens (including phenoxy) is 1. The minimum Gasteiger partial charge on any atom is -0.372 e. The number of nitrogens with zero attached hydrogens (tertiary/aromatic N) is 3. The topological polar surface area (TPSA) is 70.2 Å². The fraction of sp³-hybridized carbons (Fsp3) is 0.875. The zero-order valence-corrected chi connectivity index (χ0v) is 19.3. The number of morpholine rings is 1. The van der Waals surface area contributed by atoms with Gasteiger partial charge in [-0.05, 0) is 52.4 Å². The summed E-state index contributed by atoms with van der Waals surface area (Å²) in [5.74, 6) is 0.621. The normalized spacial score (nSPS) is 31.2. The van der Waals surface area contributed by atoms with Crippen molar-refractivity contribution in [1.82, 2.24) is 14.7 Å². The number of piperidine rings is 1. The largest absolute Gasteiger partial charge is 0.372 e. The van der Waals surface area contributed by atoms with Gasteiger partial charge in [0.15, 0.2) is 0 Å². The average molecular weight is 434 g/mol. The number of likely N-dealkylation sites (tertiary alicyclic amines) is 2. The molecule has 7 nitrogen and oxygen atoms in total. The van der Waals surface area contributed by atoms with Crippen molar-refractivity contribution in [3.05, 3.63) is 0 Å². The summed E-state index contributed by atoms with van der Waals surface area (Å²) in [6.07, 6.45) is 8.70. The molecule has 4 rings (SSSR count). The molecule has 3 atom stereocenters. The third-order valence-electron chi connectivity index (χ3n) is 7.66. The highest BCUT2D eigenvalue weighted by molar-refractivity contribution is 5.89. The molecule has 0 aromatic rings. The van der Waals surface area contributed by atoms with Gasteiger partial charge in [0.1, 0.15) is 6.04 Å². The van der Waals surface area contributed by atoms with E-state index in [4.69, 9.17) is 4.74 Å². The molecule has 7 heteroatoms. The molecule has 0 bridgehead atoms. The smallest absolute Gasteiger partial charge is 0.245 e. The van der Waals surface area contributed by atoms with E-state index in [0.29, 0.717) is 45.6 Å². The first kappa shape index (κ1) is 22.6. The number of carbonyl (C=O) groups excluding carboxylic acids is 3. The highest BCUT2D eigenvalue weighted by atomic mass is 16.5. The molecule has 31 heavy (non-hydrogen) atoms. The Labute approximate surface area is 186 Å².